The molecule has 0 aromatic heterocycles. The number of hydrogen-bond donors (Lipinski definition) is 2. The number of rotatable bonds is 7. The van der Waals surface area contributed by atoms with Crippen molar-refractivity contribution in [2.45, 2.75) is 6.42 Å². The number of nitrogens with zero attached hydrogens (tertiary/aromatic N) is 2. The summed E-state index contributed by atoms with van der Waals surface area (Å²) in [4.78, 5) is 40.3. The number of anilines is 1. The molecule has 1 saturated heterocycles. The monoisotopic (exact) mass is 490 g/mol. The fourth-order valence-electron chi connectivity index (χ4n) is 3.27. The fraction of sp³-hybridized carbons (Fsp3) is 0.318. The van der Waals surface area contributed by atoms with Crippen LogP contribution in [0.2, 0.25) is 0 Å². The summed E-state index contributed by atoms with van der Waals surface area (Å²) in [6.45, 7) is 2.65. The smallest absolute Gasteiger partial charge is 0.251 e. The maximum Gasteiger partial charge on any atom is 0.251 e. The molecule has 31 heavy (non-hydrogen) atoms. The fourth-order valence-corrected chi connectivity index (χ4v) is 3.53. The highest BCUT2D eigenvalue weighted by molar-refractivity contribution is 9.10. The lowest BCUT2D eigenvalue weighted by Gasteiger charge is -2.34. The Balaban J connectivity index is 1.35. The van der Waals surface area contributed by atoms with E-state index in [2.05, 4.69) is 26.6 Å². The van der Waals surface area contributed by atoms with Crippen LogP contribution in [-0.4, -0.2) is 66.8 Å². The van der Waals surface area contributed by atoms with Gasteiger partial charge < -0.3 is 15.5 Å². The zero-order valence-electron chi connectivity index (χ0n) is 16.9. The molecule has 2 aromatic carbocycles. The summed E-state index contributed by atoms with van der Waals surface area (Å²) in [7, 11) is 0. The van der Waals surface area contributed by atoms with E-state index >= 15 is 0 Å². The van der Waals surface area contributed by atoms with Gasteiger partial charge in [0.25, 0.3) is 5.91 Å². The third-order valence-electron chi connectivity index (χ3n) is 4.93. The number of halogens is 2. The van der Waals surface area contributed by atoms with Crippen LogP contribution in [0.25, 0.3) is 0 Å². The average molecular weight is 491 g/mol. The van der Waals surface area contributed by atoms with E-state index in [1.807, 2.05) is 4.90 Å². The van der Waals surface area contributed by atoms with Crippen LogP contribution in [0.1, 0.15) is 16.8 Å². The molecular weight excluding hydrogens is 467 g/mol. The van der Waals surface area contributed by atoms with Crippen LogP contribution < -0.4 is 10.6 Å². The number of carbonyl (C=O) groups excluding carboxylic acids is 3. The van der Waals surface area contributed by atoms with Gasteiger partial charge in [-0.15, -0.1) is 0 Å². The number of amides is 3. The lowest BCUT2D eigenvalue weighted by atomic mass is 10.2. The van der Waals surface area contributed by atoms with Crippen LogP contribution in [0, 0.1) is 5.82 Å². The highest BCUT2D eigenvalue weighted by atomic mass is 79.9. The second-order valence-electron chi connectivity index (χ2n) is 7.23. The zero-order chi connectivity index (χ0) is 22.2. The first-order valence-corrected chi connectivity index (χ1v) is 10.8. The molecule has 1 aliphatic heterocycles. The Kier molecular flexibility index (Phi) is 8.13. The molecule has 3 amide bonds. The molecule has 3 rings (SSSR count). The van der Waals surface area contributed by atoms with Gasteiger partial charge >= 0.3 is 0 Å². The van der Waals surface area contributed by atoms with Crippen molar-refractivity contribution in [3.05, 3.63) is 64.4 Å². The van der Waals surface area contributed by atoms with Crippen LogP contribution in [0.3, 0.4) is 0 Å². The van der Waals surface area contributed by atoms with Crippen molar-refractivity contribution in [1.82, 2.24) is 15.1 Å². The molecule has 1 aliphatic rings. The molecule has 0 spiro atoms. The molecule has 1 heterocycles. The summed E-state index contributed by atoms with van der Waals surface area (Å²) in [6, 6.07) is 12.8. The van der Waals surface area contributed by atoms with Crippen molar-refractivity contribution < 1.29 is 18.8 Å². The van der Waals surface area contributed by atoms with Gasteiger partial charge in [-0.25, -0.2) is 4.39 Å². The minimum atomic E-state index is -0.405. The van der Waals surface area contributed by atoms with Gasteiger partial charge in [0.05, 0.1) is 6.54 Å². The molecule has 0 unspecified atom stereocenters. The molecular formula is C22H24BrFN4O3. The molecule has 0 saturated carbocycles. The first-order chi connectivity index (χ1) is 14.9. The van der Waals surface area contributed by atoms with Crippen LogP contribution >= 0.6 is 15.9 Å². The molecule has 0 radical (unpaired) electrons. The van der Waals surface area contributed by atoms with Gasteiger partial charge in [-0.05, 0) is 42.5 Å². The minimum absolute atomic E-state index is 0.0278. The van der Waals surface area contributed by atoms with E-state index in [1.165, 1.54) is 18.2 Å². The van der Waals surface area contributed by atoms with Gasteiger partial charge in [-0.2, -0.15) is 0 Å². The van der Waals surface area contributed by atoms with E-state index in [4.69, 9.17) is 0 Å². The lowest BCUT2D eigenvalue weighted by Crippen LogP contribution is -2.50. The van der Waals surface area contributed by atoms with Gasteiger partial charge in [0.2, 0.25) is 11.8 Å². The van der Waals surface area contributed by atoms with Crippen molar-refractivity contribution in [3.63, 3.8) is 0 Å². The van der Waals surface area contributed by atoms with Gasteiger partial charge in [-0.3, -0.25) is 19.3 Å². The summed E-state index contributed by atoms with van der Waals surface area (Å²) < 4.78 is 14.1. The average Bonchev–Trinajstić information content (AvgIpc) is 2.74. The molecule has 1 fully saturated rings. The minimum Gasteiger partial charge on any atom is -0.352 e. The number of hydrogen-bond acceptors (Lipinski definition) is 4. The topological polar surface area (TPSA) is 81.8 Å². The summed E-state index contributed by atoms with van der Waals surface area (Å²) in [5.74, 6) is -0.867. The van der Waals surface area contributed by atoms with Crippen molar-refractivity contribution in [2.24, 2.45) is 0 Å². The van der Waals surface area contributed by atoms with Gasteiger partial charge in [0, 0.05) is 54.9 Å². The molecule has 7 nitrogen and oxygen atoms in total. The first kappa shape index (κ1) is 22.9. The van der Waals surface area contributed by atoms with E-state index < -0.39 is 5.82 Å². The van der Waals surface area contributed by atoms with Gasteiger partial charge in [-0.1, -0.05) is 22.0 Å². The van der Waals surface area contributed by atoms with Crippen molar-refractivity contribution in [2.75, 3.05) is 44.6 Å². The van der Waals surface area contributed by atoms with Gasteiger partial charge in [0.1, 0.15) is 5.82 Å². The van der Waals surface area contributed by atoms with Crippen molar-refractivity contribution in [3.8, 4) is 0 Å². The third kappa shape index (κ3) is 7.15. The quantitative estimate of drug-likeness (QED) is 0.624. The Morgan fingerprint density at radius 2 is 1.71 bits per heavy atom. The maximum absolute atomic E-state index is 13.2. The predicted octanol–water partition coefficient (Wildman–Crippen LogP) is 2.49. The number of benzene rings is 2. The highest BCUT2D eigenvalue weighted by Gasteiger charge is 2.22. The number of piperazine rings is 1. The van der Waals surface area contributed by atoms with E-state index in [-0.39, 0.29) is 37.2 Å². The molecule has 9 heteroatoms. The summed E-state index contributed by atoms with van der Waals surface area (Å²) in [5.41, 5.74) is 0.963. The summed E-state index contributed by atoms with van der Waals surface area (Å²) in [5, 5.41) is 5.43. The number of carbonyl (C=O) groups is 3. The lowest BCUT2D eigenvalue weighted by molar-refractivity contribution is -0.132. The van der Waals surface area contributed by atoms with E-state index in [9.17, 15) is 18.8 Å². The zero-order valence-corrected chi connectivity index (χ0v) is 18.5. The van der Waals surface area contributed by atoms with E-state index in [0.29, 0.717) is 37.4 Å². The normalized spacial score (nSPS) is 14.2. The largest absolute Gasteiger partial charge is 0.352 e. The molecule has 0 bridgehead atoms. The van der Waals surface area contributed by atoms with Gasteiger partial charge in [0.15, 0.2) is 0 Å². The Hall–Kier alpha value is -2.78. The Morgan fingerprint density at radius 1 is 1.00 bits per heavy atom. The Bertz CT molecular complexity index is 931. The first-order valence-electron chi connectivity index (χ1n) is 10.00. The Labute approximate surface area is 188 Å². The van der Waals surface area contributed by atoms with Crippen LogP contribution in [0.4, 0.5) is 10.1 Å². The number of nitrogens with one attached hydrogen (secondary N) is 2. The van der Waals surface area contributed by atoms with E-state index in [1.54, 1.807) is 35.2 Å². The molecule has 164 valence electrons. The SMILES string of the molecule is O=C(CN1CCN(C(=O)CCNC(=O)c2ccc(Br)cc2)CC1)Nc1cccc(F)c1. The molecule has 2 N–H and O–H groups in total. The second-order valence-corrected chi connectivity index (χ2v) is 8.14. The molecule has 0 atom stereocenters. The Morgan fingerprint density at radius 3 is 2.39 bits per heavy atom. The van der Waals surface area contributed by atoms with Crippen molar-refractivity contribution >= 4 is 39.3 Å². The third-order valence-corrected chi connectivity index (χ3v) is 5.46. The maximum atomic E-state index is 13.2. The summed E-state index contributed by atoms with van der Waals surface area (Å²) >= 11 is 3.32. The highest BCUT2D eigenvalue weighted by Crippen LogP contribution is 2.11. The second kappa shape index (κ2) is 11.0. The van der Waals surface area contributed by atoms with Crippen LogP contribution in [-0.2, 0) is 9.59 Å². The predicted molar refractivity (Wildman–Crippen MR) is 119 cm³/mol. The van der Waals surface area contributed by atoms with Crippen LogP contribution in [0.5, 0.6) is 0 Å². The molecule has 2 aromatic rings. The standard InChI is InChI=1S/C22H24BrFN4O3/c23-17-6-4-16(5-7-17)22(31)25-9-8-21(30)28-12-10-27(11-13-28)15-20(29)26-19-3-1-2-18(24)14-19/h1-7,14H,8-13,15H2,(H,25,31)(H,26,29). The van der Waals surface area contributed by atoms with E-state index in [0.717, 1.165) is 4.47 Å². The molecule has 0 aliphatic carbocycles. The van der Waals surface area contributed by atoms with Crippen LogP contribution in [0.15, 0.2) is 53.0 Å². The summed E-state index contributed by atoms with van der Waals surface area (Å²) in [6.07, 6.45) is 0.225. The van der Waals surface area contributed by atoms with Crippen molar-refractivity contribution in [1.29, 1.82) is 0 Å².